The topological polar surface area (TPSA) is 50.8 Å². The summed E-state index contributed by atoms with van der Waals surface area (Å²) in [6.45, 7) is 8.10. The number of amides is 1. The maximum absolute atomic E-state index is 13.0. The van der Waals surface area contributed by atoms with Gasteiger partial charge in [0, 0.05) is 24.9 Å². The van der Waals surface area contributed by atoms with Crippen LogP contribution in [0.4, 0.5) is 5.69 Å². The van der Waals surface area contributed by atoms with Crippen LogP contribution in [0.15, 0.2) is 24.3 Å². The van der Waals surface area contributed by atoms with Crippen LogP contribution in [0.5, 0.6) is 5.75 Å². The quantitative estimate of drug-likeness (QED) is 0.519. The van der Waals surface area contributed by atoms with Gasteiger partial charge in [-0.05, 0) is 76.3 Å². The van der Waals surface area contributed by atoms with Gasteiger partial charge in [0.05, 0.1) is 6.61 Å². The SMILES string of the molecule is CCCOC1(C(=O)Nc2ccc(OCCCN3CCCC[C@@H]3C)cc2)CCCCC1. The second-order valence-corrected chi connectivity index (χ2v) is 8.96. The van der Waals surface area contributed by atoms with Crippen molar-refractivity contribution in [2.75, 3.05) is 31.6 Å². The monoisotopic (exact) mass is 416 g/mol. The number of likely N-dealkylation sites (tertiary alicyclic amines) is 1. The molecule has 0 bridgehead atoms. The molecule has 0 spiro atoms. The third-order valence-electron chi connectivity index (χ3n) is 6.57. The fourth-order valence-corrected chi connectivity index (χ4v) is 4.68. The Labute approximate surface area is 182 Å². The molecule has 1 saturated carbocycles. The molecule has 1 aromatic rings. The van der Waals surface area contributed by atoms with Crippen LogP contribution in [0.2, 0.25) is 0 Å². The van der Waals surface area contributed by atoms with E-state index in [1.54, 1.807) is 0 Å². The smallest absolute Gasteiger partial charge is 0.256 e. The van der Waals surface area contributed by atoms with Crippen LogP contribution in [-0.2, 0) is 9.53 Å². The van der Waals surface area contributed by atoms with Crippen molar-refractivity contribution < 1.29 is 14.3 Å². The molecule has 2 aliphatic rings. The van der Waals surface area contributed by atoms with Gasteiger partial charge >= 0.3 is 0 Å². The van der Waals surface area contributed by atoms with Crippen LogP contribution in [0, 0.1) is 0 Å². The van der Waals surface area contributed by atoms with Crippen molar-refractivity contribution in [2.45, 2.75) is 89.7 Å². The lowest BCUT2D eigenvalue weighted by Crippen LogP contribution is -2.47. The molecule has 1 N–H and O–H groups in total. The molecule has 3 rings (SSSR count). The molecule has 1 atom stereocenters. The van der Waals surface area contributed by atoms with E-state index in [0.717, 1.165) is 63.1 Å². The van der Waals surface area contributed by atoms with E-state index in [4.69, 9.17) is 9.47 Å². The van der Waals surface area contributed by atoms with Gasteiger partial charge in [-0.1, -0.05) is 32.6 Å². The van der Waals surface area contributed by atoms with E-state index >= 15 is 0 Å². The highest BCUT2D eigenvalue weighted by molar-refractivity contribution is 5.97. The summed E-state index contributed by atoms with van der Waals surface area (Å²) >= 11 is 0. The summed E-state index contributed by atoms with van der Waals surface area (Å²) in [4.78, 5) is 15.6. The maximum Gasteiger partial charge on any atom is 0.256 e. The Balaban J connectivity index is 1.44. The van der Waals surface area contributed by atoms with E-state index < -0.39 is 5.60 Å². The molecule has 1 heterocycles. The first-order valence-corrected chi connectivity index (χ1v) is 12.1. The molecule has 1 aliphatic heterocycles. The van der Waals surface area contributed by atoms with Crippen LogP contribution in [0.3, 0.4) is 0 Å². The number of piperidine rings is 1. The number of nitrogens with one attached hydrogen (secondary N) is 1. The minimum atomic E-state index is -0.658. The van der Waals surface area contributed by atoms with Crippen molar-refractivity contribution in [3.8, 4) is 5.75 Å². The summed E-state index contributed by atoms with van der Waals surface area (Å²) in [6, 6.07) is 8.45. The van der Waals surface area contributed by atoms with Crippen LogP contribution >= 0.6 is 0 Å². The van der Waals surface area contributed by atoms with Crippen LogP contribution in [0.25, 0.3) is 0 Å². The van der Waals surface area contributed by atoms with Crippen molar-refractivity contribution in [1.29, 1.82) is 0 Å². The fourth-order valence-electron chi connectivity index (χ4n) is 4.68. The Morgan fingerprint density at radius 3 is 2.57 bits per heavy atom. The van der Waals surface area contributed by atoms with Crippen molar-refractivity contribution in [3.63, 3.8) is 0 Å². The van der Waals surface area contributed by atoms with Crippen LogP contribution in [0.1, 0.15) is 78.1 Å². The number of anilines is 1. The molecule has 1 aliphatic carbocycles. The summed E-state index contributed by atoms with van der Waals surface area (Å²) in [6.07, 6.45) is 10.9. The molecule has 5 heteroatoms. The number of ether oxygens (including phenoxy) is 2. The molecule has 2 fully saturated rings. The molecule has 0 unspecified atom stereocenters. The first-order valence-electron chi connectivity index (χ1n) is 12.1. The van der Waals surface area contributed by atoms with E-state index in [-0.39, 0.29) is 5.91 Å². The summed E-state index contributed by atoms with van der Waals surface area (Å²) in [5.41, 5.74) is 0.147. The van der Waals surface area contributed by atoms with Crippen molar-refractivity contribution in [3.05, 3.63) is 24.3 Å². The molecule has 0 radical (unpaired) electrons. The van der Waals surface area contributed by atoms with Gasteiger partial charge in [-0.2, -0.15) is 0 Å². The first-order chi connectivity index (χ1) is 14.6. The van der Waals surface area contributed by atoms with Crippen molar-refractivity contribution in [2.24, 2.45) is 0 Å². The highest BCUT2D eigenvalue weighted by atomic mass is 16.5. The zero-order chi connectivity index (χ0) is 21.2. The third kappa shape index (κ3) is 6.45. The molecule has 168 valence electrons. The van der Waals surface area contributed by atoms with Crippen molar-refractivity contribution >= 4 is 11.6 Å². The number of hydrogen-bond donors (Lipinski definition) is 1. The molecular weight excluding hydrogens is 376 g/mol. The second kappa shape index (κ2) is 11.7. The molecule has 0 aromatic heterocycles. The lowest BCUT2D eigenvalue weighted by Gasteiger charge is -2.35. The van der Waals surface area contributed by atoms with Gasteiger partial charge in [-0.15, -0.1) is 0 Å². The Morgan fingerprint density at radius 2 is 1.87 bits per heavy atom. The molecule has 1 aromatic carbocycles. The van der Waals surface area contributed by atoms with E-state index in [2.05, 4.69) is 24.1 Å². The van der Waals surface area contributed by atoms with E-state index in [0.29, 0.717) is 12.6 Å². The normalized spacial score (nSPS) is 21.9. The zero-order valence-corrected chi connectivity index (χ0v) is 19.0. The highest BCUT2D eigenvalue weighted by Crippen LogP contribution is 2.33. The Hall–Kier alpha value is -1.59. The summed E-state index contributed by atoms with van der Waals surface area (Å²) < 4.78 is 12.0. The predicted octanol–water partition coefficient (Wildman–Crippen LogP) is 5.40. The minimum absolute atomic E-state index is 0.0000280. The molecule has 1 saturated heterocycles. The third-order valence-corrected chi connectivity index (χ3v) is 6.57. The highest BCUT2D eigenvalue weighted by Gasteiger charge is 2.40. The summed E-state index contributed by atoms with van der Waals surface area (Å²) in [5, 5.41) is 3.08. The predicted molar refractivity (Wildman–Crippen MR) is 122 cm³/mol. The van der Waals surface area contributed by atoms with Gasteiger partial charge in [0.25, 0.3) is 5.91 Å². The van der Waals surface area contributed by atoms with Gasteiger partial charge < -0.3 is 19.7 Å². The molecule has 5 nitrogen and oxygen atoms in total. The lowest BCUT2D eigenvalue weighted by molar-refractivity contribution is -0.146. The summed E-state index contributed by atoms with van der Waals surface area (Å²) in [5.74, 6) is 0.856. The first kappa shape index (κ1) is 23.1. The minimum Gasteiger partial charge on any atom is -0.494 e. The Kier molecular flexibility index (Phi) is 9.01. The van der Waals surface area contributed by atoms with E-state index in [9.17, 15) is 4.79 Å². The number of rotatable bonds is 10. The van der Waals surface area contributed by atoms with Gasteiger partial charge in [0.2, 0.25) is 0 Å². The van der Waals surface area contributed by atoms with Gasteiger partial charge in [-0.3, -0.25) is 4.79 Å². The second-order valence-electron chi connectivity index (χ2n) is 8.96. The average Bonchev–Trinajstić information content (AvgIpc) is 2.78. The zero-order valence-electron chi connectivity index (χ0n) is 19.0. The molecule has 30 heavy (non-hydrogen) atoms. The molecule has 1 amide bonds. The standard InChI is InChI=1S/C25H40N2O3/c1-3-19-30-25(15-6-4-7-16-25)24(28)26-22-11-13-23(14-12-22)29-20-9-18-27-17-8-5-10-21(27)2/h11-14,21H,3-10,15-20H2,1-2H3,(H,26,28)/t21-/m0/s1. The fraction of sp³-hybridized carbons (Fsp3) is 0.720. The van der Waals surface area contributed by atoms with Crippen LogP contribution < -0.4 is 10.1 Å². The number of carbonyl (C=O) groups is 1. The number of hydrogen-bond acceptors (Lipinski definition) is 4. The maximum atomic E-state index is 13.0. The van der Waals surface area contributed by atoms with Gasteiger partial charge in [-0.25, -0.2) is 0 Å². The Bertz CT molecular complexity index is 640. The number of benzene rings is 1. The van der Waals surface area contributed by atoms with E-state index in [1.807, 2.05) is 24.3 Å². The molecular formula is C25H40N2O3. The van der Waals surface area contributed by atoms with Crippen LogP contribution in [-0.4, -0.2) is 48.8 Å². The summed E-state index contributed by atoms with van der Waals surface area (Å²) in [7, 11) is 0. The Morgan fingerprint density at radius 1 is 1.10 bits per heavy atom. The lowest BCUT2D eigenvalue weighted by atomic mass is 9.83. The van der Waals surface area contributed by atoms with Crippen molar-refractivity contribution in [1.82, 2.24) is 4.90 Å². The average molecular weight is 417 g/mol. The number of nitrogens with zero attached hydrogens (tertiary/aromatic N) is 1. The van der Waals surface area contributed by atoms with Gasteiger partial charge in [0.15, 0.2) is 0 Å². The van der Waals surface area contributed by atoms with Gasteiger partial charge in [0.1, 0.15) is 11.4 Å². The largest absolute Gasteiger partial charge is 0.494 e. The van der Waals surface area contributed by atoms with E-state index in [1.165, 1.54) is 32.2 Å². The number of carbonyl (C=O) groups excluding carboxylic acids is 1.